The van der Waals surface area contributed by atoms with Gasteiger partial charge in [-0.05, 0) is 93.1 Å². The lowest BCUT2D eigenvalue weighted by Crippen LogP contribution is -2.15. The number of benzene rings is 5. The Hall–Kier alpha value is -5.10. The van der Waals surface area contributed by atoms with E-state index in [1.807, 2.05) is 0 Å². The van der Waals surface area contributed by atoms with Gasteiger partial charge in [0.25, 0.3) is 0 Å². The molecule has 0 bridgehead atoms. The summed E-state index contributed by atoms with van der Waals surface area (Å²) in [7, 11) is 0. The van der Waals surface area contributed by atoms with E-state index < -0.39 is 0 Å². The molecule has 0 saturated heterocycles. The van der Waals surface area contributed by atoms with Crippen molar-refractivity contribution in [2.24, 2.45) is 5.92 Å². The first-order valence-electron chi connectivity index (χ1n) is 14.0. The minimum absolute atomic E-state index is 0.481. The van der Waals surface area contributed by atoms with Crippen molar-refractivity contribution in [2.75, 3.05) is 4.90 Å². The number of allylic oxidation sites excluding steroid dienone is 5. The number of hydrogen-bond donors (Lipinski definition) is 0. The molecule has 188 valence electrons. The molecule has 0 radical (unpaired) electrons. The SMILES string of the molecule is C1=Cc2c(-c3cccc4ccccc34)ccc(N(c3ccccc3)c3ccc4c(c3)C=C3C=CC=CC3C4)c2C=1. The lowest BCUT2D eigenvalue weighted by molar-refractivity contribution is 0.759. The van der Waals surface area contributed by atoms with Gasteiger partial charge >= 0.3 is 0 Å². The molecule has 8 rings (SSSR count). The van der Waals surface area contributed by atoms with Crippen molar-refractivity contribution in [3.63, 3.8) is 0 Å². The van der Waals surface area contributed by atoms with Crippen LogP contribution in [0.15, 0.2) is 139 Å². The Balaban J connectivity index is 1.30. The van der Waals surface area contributed by atoms with Gasteiger partial charge in [-0.2, -0.15) is 0 Å². The summed E-state index contributed by atoms with van der Waals surface area (Å²) in [5.74, 6) is 0.481. The van der Waals surface area contributed by atoms with Crippen LogP contribution in [-0.2, 0) is 6.42 Å². The van der Waals surface area contributed by atoms with Crippen molar-refractivity contribution in [3.05, 3.63) is 161 Å². The summed E-state index contributed by atoms with van der Waals surface area (Å²) in [5.41, 5.74) is 15.9. The summed E-state index contributed by atoms with van der Waals surface area (Å²) in [6, 6.07) is 37.4. The van der Waals surface area contributed by atoms with Crippen LogP contribution in [-0.4, -0.2) is 0 Å². The Bertz CT molecular complexity index is 1960. The van der Waals surface area contributed by atoms with Gasteiger partial charge < -0.3 is 4.90 Å². The summed E-state index contributed by atoms with van der Waals surface area (Å²) >= 11 is 0. The predicted octanol–water partition coefficient (Wildman–Crippen LogP) is 10.3. The summed E-state index contributed by atoms with van der Waals surface area (Å²) in [4.78, 5) is 2.39. The monoisotopic (exact) mass is 509 g/mol. The van der Waals surface area contributed by atoms with E-state index in [4.69, 9.17) is 0 Å². The van der Waals surface area contributed by atoms with Crippen LogP contribution < -0.4 is 4.90 Å². The molecule has 3 aliphatic carbocycles. The van der Waals surface area contributed by atoms with Gasteiger partial charge in [-0.25, -0.2) is 0 Å². The second-order valence-corrected chi connectivity index (χ2v) is 10.7. The van der Waals surface area contributed by atoms with Crippen molar-refractivity contribution >= 4 is 46.1 Å². The van der Waals surface area contributed by atoms with Gasteiger partial charge in [0, 0.05) is 22.9 Å². The molecule has 1 unspecified atom stereocenters. The van der Waals surface area contributed by atoms with E-state index in [0.29, 0.717) is 5.92 Å². The predicted molar refractivity (Wildman–Crippen MR) is 170 cm³/mol. The van der Waals surface area contributed by atoms with Crippen LogP contribution in [0.2, 0.25) is 0 Å². The number of fused-ring (bicyclic) bond motifs is 4. The van der Waals surface area contributed by atoms with Crippen molar-refractivity contribution in [3.8, 4) is 11.1 Å². The minimum atomic E-state index is 0.481. The molecule has 40 heavy (non-hydrogen) atoms. The van der Waals surface area contributed by atoms with Crippen LogP contribution >= 0.6 is 0 Å². The summed E-state index contributed by atoms with van der Waals surface area (Å²) in [6.07, 6.45) is 16.6. The summed E-state index contributed by atoms with van der Waals surface area (Å²) in [5, 5.41) is 2.53. The standard InChI is InChI=1S/C39H27N/c1-2-14-32(15-3-1)40(33-21-20-30-24-28-11-4-5-12-29(28)25-31(30)26-33)39-23-22-37(36-18-9-19-38(36)39)35-17-8-13-27-10-6-7-16-34(27)35/h1-8,10-23,25-26,28H,24H2. The molecular formula is C39H27N. The van der Waals surface area contributed by atoms with Crippen molar-refractivity contribution in [1.29, 1.82) is 0 Å². The first-order valence-corrected chi connectivity index (χ1v) is 14.0. The smallest absolute Gasteiger partial charge is 0.0546 e. The lowest BCUT2D eigenvalue weighted by atomic mass is 9.81. The third-order valence-electron chi connectivity index (χ3n) is 8.38. The normalized spacial score (nSPS) is 16.0. The lowest BCUT2D eigenvalue weighted by Gasteiger charge is -2.30. The zero-order chi connectivity index (χ0) is 26.5. The van der Waals surface area contributed by atoms with Gasteiger partial charge in [0.05, 0.1) is 5.69 Å². The average molecular weight is 510 g/mol. The number of rotatable bonds is 4. The van der Waals surface area contributed by atoms with E-state index in [1.54, 1.807) is 0 Å². The van der Waals surface area contributed by atoms with E-state index in [9.17, 15) is 0 Å². The fourth-order valence-corrected chi connectivity index (χ4v) is 6.43. The largest absolute Gasteiger partial charge is 0.310 e. The molecule has 1 nitrogen and oxygen atoms in total. The van der Waals surface area contributed by atoms with Gasteiger partial charge in [0.15, 0.2) is 0 Å². The first-order chi connectivity index (χ1) is 19.8. The highest BCUT2D eigenvalue weighted by atomic mass is 15.1. The fourth-order valence-electron chi connectivity index (χ4n) is 6.43. The summed E-state index contributed by atoms with van der Waals surface area (Å²) in [6.45, 7) is 0. The van der Waals surface area contributed by atoms with Crippen LogP contribution in [0.25, 0.3) is 40.1 Å². The Labute approximate surface area is 235 Å². The van der Waals surface area contributed by atoms with Gasteiger partial charge in [-0.1, -0.05) is 103 Å². The maximum Gasteiger partial charge on any atom is 0.0546 e. The molecule has 5 aromatic rings. The molecular weight excluding hydrogens is 482 g/mol. The van der Waals surface area contributed by atoms with Gasteiger partial charge in [-0.15, -0.1) is 5.73 Å². The van der Waals surface area contributed by atoms with E-state index in [0.717, 1.165) is 23.5 Å². The number of anilines is 3. The van der Waals surface area contributed by atoms with E-state index in [-0.39, 0.29) is 0 Å². The second-order valence-electron chi connectivity index (χ2n) is 10.7. The molecule has 0 spiro atoms. The van der Waals surface area contributed by atoms with Crippen molar-refractivity contribution < 1.29 is 0 Å². The minimum Gasteiger partial charge on any atom is -0.310 e. The van der Waals surface area contributed by atoms with E-state index in [1.165, 1.54) is 49.7 Å². The molecule has 0 saturated carbocycles. The van der Waals surface area contributed by atoms with Gasteiger partial charge in [-0.3, -0.25) is 0 Å². The van der Waals surface area contributed by atoms with Crippen LogP contribution in [0.5, 0.6) is 0 Å². The quantitative estimate of drug-likeness (QED) is 0.214. The van der Waals surface area contributed by atoms with Gasteiger partial charge in [0.1, 0.15) is 0 Å². The van der Waals surface area contributed by atoms with Crippen LogP contribution in [0.4, 0.5) is 17.1 Å². The number of hydrogen-bond acceptors (Lipinski definition) is 1. The molecule has 1 heteroatoms. The molecule has 0 aromatic heterocycles. The Kier molecular flexibility index (Phi) is 5.30. The molecule has 1 atom stereocenters. The summed E-state index contributed by atoms with van der Waals surface area (Å²) < 4.78 is 0. The first kappa shape index (κ1) is 22.8. The van der Waals surface area contributed by atoms with Crippen molar-refractivity contribution in [2.45, 2.75) is 6.42 Å². The second kappa shape index (κ2) is 9.27. The molecule has 0 fully saturated rings. The number of para-hydroxylation sites is 1. The van der Waals surface area contributed by atoms with Gasteiger partial charge in [0.2, 0.25) is 0 Å². The van der Waals surface area contributed by atoms with E-state index >= 15 is 0 Å². The van der Waals surface area contributed by atoms with E-state index in [2.05, 4.69) is 156 Å². The van der Waals surface area contributed by atoms with Crippen molar-refractivity contribution in [1.82, 2.24) is 0 Å². The zero-order valence-electron chi connectivity index (χ0n) is 22.1. The highest BCUT2D eigenvalue weighted by molar-refractivity contribution is 6.02. The molecule has 0 heterocycles. The maximum absolute atomic E-state index is 3.42. The third kappa shape index (κ3) is 3.72. The molecule has 0 aliphatic heterocycles. The zero-order valence-corrected chi connectivity index (χ0v) is 22.1. The molecule has 5 aromatic carbocycles. The van der Waals surface area contributed by atoms with Crippen LogP contribution in [0.1, 0.15) is 22.3 Å². The fraction of sp³-hybridized carbons (Fsp3) is 0.0513. The highest BCUT2D eigenvalue weighted by Gasteiger charge is 2.24. The van der Waals surface area contributed by atoms with Crippen LogP contribution in [0, 0.1) is 5.92 Å². The Morgan fingerprint density at radius 2 is 1.52 bits per heavy atom. The molecule has 0 N–H and O–H groups in total. The topological polar surface area (TPSA) is 3.24 Å². The maximum atomic E-state index is 3.42. The average Bonchev–Trinajstić information content (AvgIpc) is 3.51. The Morgan fingerprint density at radius 3 is 2.48 bits per heavy atom. The molecule has 3 aliphatic rings. The Morgan fingerprint density at radius 1 is 0.675 bits per heavy atom. The van der Waals surface area contributed by atoms with Crippen LogP contribution in [0.3, 0.4) is 0 Å². The molecule has 0 amide bonds. The number of nitrogens with zero attached hydrogens (tertiary/aromatic N) is 1. The highest BCUT2D eigenvalue weighted by Crippen LogP contribution is 2.45. The third-order valence-corrected chi connectivity index (χ3v) is 8.38.